The van der Waals surface area contributed by atoms with E-state index < -0.39 is 0 Å². The monoisotopic (exact) mass is 289 g/mol. The van der Waals surface area contributed by atoms with Gasteiger partial charge in [0.2, 0.25) is 0 Å². The van der Waals surface area contributed by atoms with Gasteiger partial charge in [0.15, 0.2) is 0 Å². The molecule has 0 saturated carbocycles. The van der Waals surface area contributed by atoms with E-state index in [9.17, 15) is 4.79 Å². The Labute approximate surface area is 125 Å². The Morgan fingerprint density at radius 1 is 1.29 bits per heavy atom. The Morgan fingerprint density at radius 2 is 2.10 bits per heavy atom. The summed E-state index contributed by atoms with van der Waals surface area (Å²) < 4.78 is 10.2. The molecule has 0 amide bonds. The van der Waals surface area contributed by atoms with Crippen LogP contribution in [0.1, 0.15) is 48.7 Å². The fourth-order valence-corrected chi connectivity index (χ4v) is 2.59. The summed E-state index contributed by atoms with van der Waals surface area (Å²) in [5.74, 6) is 0.178. The van der Waals surface area contributed by atoms with Crippen molar-refractivity contribution in [1.29, 1.82) is 0 Å². The first-order valence-electron chi connectivity index (χ1n) is 7.48. The molecule has 0 aliphatic carbocycles. The highest BCUT2D eigenvalue weighted by molar-refractivity contribution is 5.95. The van der Waals surface area contributed by atoms with Gasteiger partial charge in [-0.05, 0) is 49.4 Å². The number of H-pyrrole nitrogens is 1. The van der Waals surface area contributed by atoms with Crippen molar-refractivity contribution in [3.05, 3.63) is 35.5 Å². The largest absolute Gasteiger partial charge is 0.461 e. The molecule has 1 aromatic heterocycles. The normalized spacial score (nSPS) is 12.5. The van der Waals surface area contributed by atoms with E-state index in [1.807, 2.05) is 12.1 Å². The lowest BCUT2D eigenvalue weighted by Crippen LogP contribution is -2.04. The second-order valence-corrected chi connectivity index (χ2v) is 5.14. The molecule has 0 aliphatic rings. The molecule has 0 radical (unpaired) electrons. The SMILES string of the molecule is CCOC(=O)c1cc2cc(C(CC)CCOC)ccc2[nH]1. The number of esters is 1. The fraction of sp³-hybridized carbons (Fsp3) is 0.471. The Morgan fingerprint density at radius 3 is 2.76 bits per heavy atom. The third-order valence-electron chi connectivity index (χ3n) is 3.77. The minimum absolute atomic E-state index is 0.304. The van der Waals surface area contributed by atoms with Crippen LogP contribution in [0.3, 0.4) is 0 Å². The summed E-state index contributed by atoms with van der Waals surface area (Å²) in [6, 6.07) is 8.17. The van der Waals surface area contributed by atoms with Crippen LogP contribution in [0.15, 0.2) is 24.3 Å². The van der Waals surface area contributed by atoms with E-state index in [0.29, 0.717) is 18.2 Å². The van der Waals surface area contributed by atoms with Crippen LogP contribution in [0.5, 0.6) is 0 Å². The van der Waals surface area contributed by atoms with Gasteiger partial charge in [0.05, 0.1) is 6.61 Å². The minimum Gasteiger partial charge on any atom is -0.461 e. The summed E-state index contributed by atoms with van der Waals surface area (Å²) in [5, 5.41) is 1.05. The van der Waals surface area contributed by atoms with Gasteiger partial charge in [0.25, 0.3) is 0 Å². The Bertz CT molecular complexity index is 603. The first-order chi connectivity index (χ1) is 10.2. The lowest BCUT2D eigenvalue weighted by Gasteiger charge is -2.14. The Kier molecular flexibility index (Phi) is 5.39. The van der Waals surface area contributed by atoms with Crippen LogP contribution in [-0.4, -0.2) is 31.3 Å². The van der Waals surface area contributed by atoms with Crippen molar-refractivity contribution in [2.75, 3.05) is 20.3 Å². The number of carbonyl (C=O) groups excluding carboxylic acids is 1. The van der Waals surface area contributed by atoms with Crippen molar-refractivity contribution < 1.29 is 14.3 Å². The van der Waals surface area contributed by atoms with Gasteiger partial charge in [-0.25, -0.2) is 4.79 Å². The molecule has 2 rings (SSSR count). The number of aromatic nitrogens is 1. The molecule has 0 bridgehead atoms. The van der Waals surface area contributed by atoms with Gasteiger partial charge in [-0.15, -0.1) is 0 Å². The smallest absolute Gasteiger partial charge is 0.354 e. The third kappa shape index (κ3) is 3.64. The Hall–Kier alpha value is -1.81. The summed E-state index contributed by atoms with van der Waals surface area (Å²) in [4.78, 5) is 14.9. The molecule has 1 unspecified atom stereocenters. The highest BCUT2D eigenvalue weighted by Gasteiger charge is 2.13. The van der Waals surface area contributed by atoms with Crippen LogP contribution in [0.2, 0.25) is 0 Å². The fourth-order valence-electron chi connectivity index (χ4n) is 2.59. The van der Waals surface area contributed by atoms with E-state index in [-0.39, 0.29) is 5.97 Å². The summed E-state index contributed by atoms with van der Waals surface area (Å²) in [6.45, 7) is 5.14. The number of ether oxygens (including phenoxy) is 2. The molecule has 1 heterocycles. The van der Waals surface area contributed by atoms with Gasteiger partial charge in [0.1, 0.15) is 5.69 Å². The van der Waals surface area contributed by atoms with Crippen molar-refractivity contribution in [3.63, 3.8) is 0 Å². The molecular weight excluding hydrogens is 266 g/mol. The van der Waals surface area contributed by atoms with Crippen LogP contribution >= 0.6 is 0 Å². The molecule has 2 aromatic rings. The molecule has 0 fully saturated rings. The number of aromatic amines is 1. The second-order valence-electron chi connectivity index (χ2n) is 5.14. The van der Waals surface area contributed by atoms with E-state index in [2.05, 4.69) is 24.0 Å². The van der Waals surface area contributed by atoms with Crippen molar-refractivity contribution in [1.82, 2.24) is 4.98 Å². The van der Waals surface area contributed by atoms with Crippen LogP contribution < -0.4 is 0 Å². The Balaban J connectivity index is 2.26. The quantitative estimate of drug-likeness (QED) is 0.787. The average molecular weight is 289 g/mol. The molecule has 0 aliphatic heterocycles. The van der Waals surface area contributed by atoms with Crippen molar-refractivity contribution in [2.24, 2.45) is 0 Å². The summed E-state index contributed by atoms with van der Waals surface area (Å²) in [5.41, 5.74) is 2.76. The lowest BCUT2D eigenvalue weighted by molar-refractivity contribution is 0.0520. The van der Waals surface area contributed by atoms with Crippen LogP contribution in [0.25, 0.3) is 10.9 Å². The summed E-state index contributed by atoms with van der Waals surface area (Å²) in [6.07, 6.45) is 2.08. The zero-order chi connectivity index (χ0) is 15.2. The van der Waals surface area contributed by atoms with Gasteiger partial charge >= 0.3 is 5.97 Å². The summed E-state index contributed by atoms with van der Waals surface area (Å²) >= 11 is 0. The maximum Gasteiger partial charge on any atom is 0.354 e. The molecule has 0 spiro atoms. The molecular formula is C17H23NO3. The van der Waals surface area contributed by atoms with Crippen LogP contribution in [-0.2, 0) is 9.47 Å². The number of nitrogens with one attached hydrogen (secondary N) is 1. The van der Waals surface area contributed by atoms with Crippen molar-refractivity contribution >= 4 is 16.9 Å². The number of benzene rings is 1. The van der Waals surface area contributed by atoms with Crippen molar-refractivity contribution in [2.45, 2.75) is 32.6 Å². The molecule has 4 heteroatoms. The zero-order valence-electron chi connectivity index (χ0n) is 12.9. The van der Waals surface area contributed by atoms with Gasteiger partial charge in [-0.1, -0.05) is 13.0 Å². The maximum absolute atomic E-state index is 11.8. The number of methoxy groups -OCH3 is 1. The molecule has 1 N–H and O–H groups in total. The molecule has 114 valence electrons. The molecule has 0 saturated heterocycles. The van der Waals surface area contributed by atoms with E-state index in [1.54, 1.807) is 14.0 Å². The van der Waals surface area contributed by atoms with Gasteiger partial charge in [-0.2, -0.15) is 0 Å². The van der Waals surface area contributed by atoms with E-state index in [0.717, 1.165) is 30.4 Å². The third-order valence-corrected chi connectivity index (χ3v) is 3.77. The second kappa shape index (κ2) is 7.27. The number of fused-ring (bicyclic) bond motifs is 1. The lowest BCUT2D eigenvalue weighted by atomic mass is 9.93. The highest BCUT2D eigenvalue weighted by atomic mass is 16.5. The number of hydrogen-bond acceptors (Lipinski definition) is 3. The van der Waals surface area contributed by atoms with Gasteiger partial charge < -0.3 is 14.5 Å². The summed E-state index contributed by atoms with van der Waals surface area (Å²) in [7, 11) is 1.73. The van der Waals surface area contributed by atoms with E-state index >= 15 is 0 Å². The molecule has 21 heavy (non-hydrogen) atoms. The van der Waals surface area contributed by atoms with E-state index in [4.69, 9.17) is 9.47 Å². The minimum atomic E-state index is -0.304. The standard InChI is InChI=1S/C17H23NO3/c1-4-12(8-9-20-3)13-6-7-15-14(10-13)11-16(18-15)17(19)21-5-2/h6-7,10-12,18H,4-5,8-9H2,1-3H3. The average Bonchev–Trinajstić information content (AvgIpc) is 2.91. The maximum atomic E-state index is 11.8. The van der Waals surface area contributed by atoms with Crippen LogP contribution in [0.4, 0.5) is 0 Å². The number of carbonyl (C=O) groups is 1. The van der Waals surface area contributed by atoms with Gasteiger partial charge in [-0.3, -0.25) is 0 Å². The number of hydrogen-bond donors (Lipinski definition) is 1. The van der Waals surface area contributed by atoms with Crippen LogP contribution in [0, 0.1) is 0 Å². The van der Waals surface area contributed by atoms with Gasteiger partial charge in [0, 0.05) is 24.6 Å². The van der Waals surface area contributed by atoms with E-state index in [1.165, 1.54) is 5.56 Å². The predicted molar refractivity (Wildman–Crippen MR) is 83.8 cm³/mol. The molecule has 1 aromatic carbocycles. The first-order valence-corrected chi connectivity index (χ1v) is 7.48. The predicted octanol–water partition coefficient (Wildman–Crippen LogP) is 3.87. The zero-order valence-corrected chi connectivity index (χ0v) is 12.9. The first kappa shape index (κ1) is 15.6. The van der Waals surface area contributed by atoms with Crippen molar-refractivity contribution in [3.8, 4) is 0 Å². The molecule has 4 nitrogen and oxygen atoms in total. The molecule has 1 atom stereocenters. The highest BCUT2D eigenvalue weighted by Crippen LogP contribution is 2.27. The topological polar surface area (TPSA) is 51.3 Å². The number of rotatable bonds is 7.